The van der Waals surface area contributed by atoms with Gasteiger partial charge in [0.15, 0.2) is 0 Å². The molecule has 1 amide bonds. The topological polar surface area (TPSA) is 84.9 Å². The molecule has 1 rings (SSSR count). The Bertz CT molecular complexity index is 315. The first kappa shape index (κ1) is 15.8. The molecule has 0 spiro atoms. The van der Waals surface area contributed by atoms with Gasteiger partial charge in [-0.3, -0.25) is 0 Å². The Labute approximate surface area is 113 Å². The Balaban J connectivity index is 2.61. The summed E-state index contributed by atoms with van der Waals surface area (Å²) in [7, 11) is 0. The van der Waals surface area contributed by atoms with Crippen molar-refractivity contribution in [1.82, 2.24) is 5.32 Å². The van der Waals surface area contributed by atoms with E-state index in [2.05, 4.69) is 5.32 Å². The van der Waals surface area contributed by atoms with E-state index in [1.165, 1.54) is 0 Å². The summed E-state index contributed by atoms with van der Waals surface area (Å²) >= 11 is 0. The normalized spacial score (nSPS) is 22.2. The van der Waals surface area contributed by atoms with Crippen molar-refractivity contribution in [1.29, 1.82) is 0 Å². The van der Waals surface area contributed by atoms with Crippen molar-refractivity contribution in [2.75, 3.05) is 13.2 Å². The molecule has 1 fully saturated rings. The van der Waals surface area contributed by atoms with Crippen LogP contribution in [0.25, 0.3) is 0 Å². The zero-order valence-electron chi connectivity index (χ0n) is 11.8. The third kappa shape index (κ3) is 5.92. The minimum atomic E-state index is -1.03. The molecule has 0 bridgehead atoms. The maximum absolute atomic E-state index is 11.7. The fraction of sp³-hybridized carbons (Fsp3) is 0.846. The third-order valence-corrected chi connectivity index (χ3v) is 2.91. The van der Waals surface area contributed by atoms with E-state index in [1.807, 2.05) is 0 Å². The molecule has 0 aromatic rings. The van der Waals surface area contributed by atoms with Gasteiger partial charge < -0.3 is 19.9 Å². The van der Waals surface area contributed by atoms with Crippen LogP contribution in [0.4, 0.5) is 4.79 Å². The van der Waals surface area contributed by atoms with Crippen LogP contribution in [0.15, 0.2) is 0 Å². The van der Waals surface area contributed by atoms with E-state index in [4.69, 9.17) is 9.47 Å². The van der Waals surface area contributed by atoms with Crippen molar-refractivity contribution in [3.63, 3.8) is 0 Å². The van der Waals surface area contributed by atoms with Gasteiger partial charge in [0.25, 0.3) is 0 Å². The lowest BCUT2D eigenvalue weighted by Gasteiger charge is -2.25. The quantitative estimate of drug-likeness (QED) is 0.818. The molecule has 19 heavy (non-hydrogen) atoms. The first-order valence-electron chi connectivity index (χ1n) is 6.59. The van der Waals surface area contributed by atoms with Gasteiger partial charge >= 0.3 is 12.1 Å². The molecule has 0 aromatic carbocycles. The van der Waals surface area contributed by atoms with Crippen LogP contribution in [0.1, 0.15) is 40.0 Å². The zero-order valence-corrected chi connectivity index (χ0v) is 11.8. The summed E-state index contributed by atoms with van der Waals surface area (Å²) in [6.45, 7) is 6.39. The molecule has 2 atom stereocenters. The molecule has 1 aliphatic heterocycles. The zero-order chi connectivity index (χ0) is 14.5. The molecule has 1 saturated heterocycles. The molecule has 0 aromatic heterocycles. The van der Waals surface area contributed by atoms with Crippen LogP contribution in [-0.2, 0) is 14.3 Å². The number of hydrogen-bond acceptors (Lipinski definition) is 4. The third-order valence-electron chi connectivity index (χ3n) is 2.91. The van der Waals surface area contributed by atoms with Crippen LogP contribution >= 0.6 is 0 Å². The molecule has 6 heteroatoms. The highest BCUT2D eigenvalue weighted by atomic mass is 16.6. The number of hydrogen-bond donors (Lipinski definition) is 2. The lowest BCUT2D eigenvalue weighted by atomic mass is 9.92. The van der Waals surface area contributed by atoms with Gasteiger partial charge in [-0.1, -0.05) is 0 Å². The number of carbonyl (C=O) groups is 2. The summed E-state index contributed by atoms with van der Waals surface area (Å²) < 4.78 is 10.4. The molecule has 0 saturated carbocycles. The fourth-order valence-electron chi connectivity index (χ4n) is 2.08. The highest BCUT2D eigenvalue weighted by Crippen LogP contribution is 2.20. The Morgan fingerprint density at radius 3 is 2.58 bits per heavy atom. The van der Waals surface area contributed by atoms with Gasteiger partial charge in [0.05, 0.1) is 0 Å². The number of nitrogens with one attached hydrogen (secondary N) is 1. The predicted octanol–water partition coefficient (Wildman–Crippen LogP) is 1.78. The number of ether oxygens (including phenoxy) is 2. The van der Waals surface area contributed by atoms with Gasteiger partial charge in [-0.15, -0.1) is 0 Å². The van der Waals surface area contributed by atoms with E-state index in [0.717, 1.165) is 12.8 Å². The summed E-state index contributed by atoms with van der Waals surface area (Å²) in [5.74, 6) is -1.15. The maximum atomic E-state index is 11.7. The van der Waals surface area contributed by atoms with E-state index in [9.17, 15) is 14.7 Å². The van der Waals surface area contributed by atoms with Gasteiger partial charge in [0.1, 0.15) is 11.6 Å². The van der Waals surface area contributed by atoms with Crippen molar-refractivity contribution in [3.8, 4) is 0 Å². The number of alkyl carbamates (subject to hydrolysis) is 1. The number of aliphatic carboxylic acids is 1. The standard InChI is InChI=1S/C13H23NO5/c1-13(2,3)19-12(17)14-10(11(15)16)9-5-4-7-18-8-6-9/h9-10H,4-8H2,1-3H3,(H,14,17)(H,15,16)/t9?,10-/m1/s1. The van der Waals surface area contributed by atoms with Gasteiger partial charge in [-0.05, 0) is 46.0 Å². The average Bonchev–Trinajstić information content (AvgIpc) is 2.51. The summed E-state index contributed by atoms with van der Waals surface area (Å²) in [5.41, 5.74) is -0.639. The maximum Gasteiger partial charge on any atom is 0.408 e. The summed E-state index contributed by atoms with van der Waals surface area (Å²) in [6.07, 6.45) is 1.48. The highest BCUT2D eigenvalue weighted by molar-refractivity contribution is 5.80. The minimum Gasteiger partial charge on any atom is -0.480 e. The molecular weight excluding hydrogens is 250 g/mol. The molecule has 110 valence electrons. The molecular formula is C13H23NO5. The average molecular weight is 273 g/mol. The number of carboxylic acids is 1. The summed E-state index contributed by atoms with van der Waals surface area (Å²) in [4.78, 5) is 23.0. The van der Waals surface area contributed by atoms with Gasteiger partial charge in [-0.25, -0.2) is 9.59 Å². The second-order valence-corrected chi connectivity index (χ2v) is 5.77. The van der Waals surface area contributed by atoms with Crippen LogP contribution < -0.4 is 5.32 Å². The Morgan fingerprint density at radius 1 is 1.32 bits per heavy atom. The first-order chi connectivity index (χ1) is 8.79. The molecule has 1 aliphatic rings. The van der Waals surface area contributed by atoms with E-state index in [-0.39, 0.29) is 5.92 Å². The van der Waals surface area contributed by atoms with Crippen LogP contribution in [0.2, 0.25) is 0 Å². The van der Waals surface area contributed by atoms with Crippen molar-refractivity contribution >= 4 is 12.1 Å². The minimum absolute atomic E-state index is 0.118. The Kier molecular flexibility index (Phi) is 5.60. The van der Waals surface area contributed by atoms with Gasteiger partial charge in [-0.2, -0.15) is 0 Å². The summed E-state index contributed by atoms with van der Waals surface area (Å²) in [6, 6.07) is -0.920. The van der Waals surface area contributed by atoms with Crippen LogP contribution in [0, 0.1) is 5.92 Å². The summed E-state index contributed by atoms with van der Waals surface area (Å²) in [5, 5.41) is 11.7. The van der Waals surface area contributed by atoms with Gasteiger partial charge in [0.2, 0.25) is 0 Å². The lowest BCUT2D eigenvalue weighted by molar-refractivity contribution is -0.141. The number of rotatable bonds is 3. The van der Waals surface area contributed by atoms with Crippen molar-refractivity contribution < 1.29 is 24.2 Å². The van der Waals surface area contributed by atoms with Crippen molar-refractivity contribution in [2.45, 2.75) is 51.7 Å². The number of amides is 1. The van der Waals surface area contributed by atoms with E-state index in [1.54, 1.807) is 20.8 Å². The van der Waals surface area contributed by atoms with Crippen molar-refractivity contribution in [2.24, 2.45) is 5.92 Å². The second kappa shape index (κ2) is 6.75. The SMILES string of the molecule is CC(C)(C)OC(=O)N[C@@H](C(=O)O)C1CCCOCC1. The van der Waals surface area contributed by atoms with Crippen LogP contribution in [0.3, 0.4) is 0 Å². The Hall–Kier alpha value is -1.30. The molecule has 6 nitrogen and oxygen atoms in total. The fourth-order valence-corrected chi connectivity index (χ4v) is 2.08. The predicted molar refractivity (Wildman–Crippen MR) is 69.0 cm³/mol. The molecule has 2 N–H and O–H groups in total. The highest BCUT2D eigenvalue weighted by Gasteiger charge is 2.31. The second-order valence-electron chi connectivity index (χ2n) is 5.77. The van der Waals surface area contributed by atoms with Crippen LogP contribution in [-0.4, -0.2) is 42.0 Å². The van der Waals surface area contributed by atoms with Gasteiger partial charge in [0, 0.05) is 13.2 Å². The smallest absolute Gasteiger partial charge is 0.408 e. The molecule has 0 radical (unpaired) electrons. The van der Waals surface area contributed by atoms with Crippen molar-refractivity contribution in [3.05, 3.63) is 0 Å². The number of carbonyl (C=O) groups excluding carboxylic acids is 1. The largest absolute Gasteiger partial charge is 0.480 e. The Morgan fingerprint density at radius 2 is 2.00 bits per heavy atom. The lowest BCUT2D eigenvalue weighted by Crippen LogP contribution is -2.47. The number of carboxylic acid groups (broad SMARTS) is 1. The molecule has 1 unspecified atom stereocenters. The van der Waals surface area contributed by atoms with E-state index >= 15 is 0 Å². The molecule has 0 aliphatic carbocycles. The monoisotopic (exact) mass is 273 g/mol. The van der Waals surface area contributed by atoms with E-state index < -0.39 is 23.7 Å². The first-order valence-corrected chi connectivity index (χ1v) is 6.59. The van der Waals surface area contributed by atoms with E-state index in [0.29, 0.717) is 19.6 Å². The van der Waals surface area contributed by atoms with Crippen LogP contribution in [0.5, 0.6) is 0 Å². The molecule has 1 heterocycles.